The summed E-state index contributed by atoms with van der Waals surface area (Å²) >= 11 is 1.75. The van der Waals surface area contributed by atoms with Gasteiger partial charge >= 0.3 is 0 Å². The van der Waals surface area contributed by atoms with Gasteiger partial charge in [0, 0.05) is 26.2 Å². The van der Waals surface area contributed by atoms with E-state index in [4.69, 9.17) is 4.98 Å². The standard InChI is InChI=1S/C23H27N3OS/c1-15-12-17(3)19(18(4)13-15)14-21(27)25-8-10-26(11-9-25)23-24-22-16(2)6-5-7-20(22)28-23/h5-7,12-13H,8-11,14H2,1-4H3. The molecule has 0 bridgehead atoms. The Morgan fingerprint density at radius 1 is 1.00 bits per heavy atom. The first-order chi connectivity index (χ1) is 13.4. The maximum atomic E-state index is 12.9. The number of para-hydroxylation sites is 1. The predicted molar refractivity (Wildman–Crippen MR) is 118 cm³/mol. The second-order valence-corrected chi connectivity index (χ2v) is 8.85. The van der Waals surface area contributed by atoms with Gasteiger partial charge in [0.15, 0.2) is 5.13 Å². The van der Waals surface area contributed by atoms with Crippen molar-refractivity contribution in [3.63, 3.8) is 0 Å². The summed E-state index contributed by atoms with van der Waals surface area (Å²) in [5.41, 5.74) is 7.19. The van der Waals surface area contributed by atoms with Crippen LogP contribution in [-0.4, -0.2) is 42.0 Å². The number of aromatic nitrogens is 1. The molecule has 4 rings (SSSR count). The van der Waals surface area contributed by atoms with E-state index < -0.39 is 0 Å². The Balaban J connectivity index is 1.42. The normalized spacial score (nSPS) is 14.7. The molecular formula is C23H27N3OS. The van der Waals surface area contributed by atoms with Crippen molar-refractivity contribution in [2.24, 2.45) is 0 Å². The van der Waals surface area contributed by atoms with Crippen molar-refractivity contribution in [3.8, 4) is 0 Å². The van der Waals surface area contributed by atoms with Crippen LogP contribution in [0.25, 0.3) is 10.2 Å². The molecule has 28 heavy (non-hydrogen) atoms. The first-order valence-electron chi connectivity index (χ1n) is 9.88. The molecular weight excluding hydrogens is 366 g/mol. The Kier molecular flexibility index (Phi) is 5.11. The Bertz CT molecular complexity index is 1010. The number of piperazine rings is 1. The lowest BCUT2D eigenvalue weighted by atomic mass is 9.97. The third kappa shape index (κ3) is 3.63. The number of hydrogen-bond acceptors (Lipinski definition) is 4. The van der Waals surface area contributed by atoms with Gasteiger partial charge in [-0.2, -0.15) is 0 Å². The van der Waals surface area contributed by atoms with Gasteiger partial charge in [0.1, 0.15) is 0 Å². The molecule has 146 valence electrons. The molecule has 1 saturated heterocycles. The van der Waals surface area contributed by atoms with E-state index in [1.807, 2.05) is 4.90 Å². The Morgan fingerprint density at radius 2 is 1.68 bits per heavy atom. The zero-order chi connectivity index (χ0) is 19.8. The molecule has 1 aromatic heterocycles. The maximum absolute atomic E-state index is 12.9. The molecule has 0 unspecified atom stereocenters. The van der Waals surface area contributed by atoms with Gasteiger partial charge in [0.2, 0.25) is 5.91 Å². The highest BCUT2D eigenvalue weighted by atomic mass is 32.1. The second-order valence-electron chi connectivity index (χ2n) is 7.84. The first kappa shape index (κ1) is 18.9. The summed E-state index contributed by atoms with van der Waals surface area (Å²) in [4.78, 5) is 22.0. The van der Waals surface area contributed by atoms with Crippen molar-refractivity contribution < 1.29 is 4.79 Å². The lowest BCUT2D eigenvalue weighted by molar-refractivity contribution is -0.130. The Labute approximate surface area is 170 Å². The number of carbonyl (C=O) groups excluding carboxylic acids is 1. The zero-order valence-electron chi connectivity index (χ0n) is 17.1. The molecule has 0 aliphatic carbocycles. The molecule has 0 radical (unpaired) electrons. The highest BCUT2D eigenvalue weighted by Gasteiger charge is 2.24. The van der Waals surface area contributed by atoms with Crippen LogP contribution in [0.1, 0.15) is 27.8 Å². The molecule has 0 spiro atoms. The van der Waals surface area contributed by atoms with Crippen LogP contribution in [0.3, 0.4) is 0 Å². The van der Waals surface area contributed by atoms with Crippen LogP contribution in [0.5, 0.6) is 0 Å². The fourth-order valence-corrected chi connectivity index (χ4v) is 5.20. The van der Waals surface area contributed by atoms with Crippen LogP contribution < -0.4 is 4.90 Å². The van der Waals surface area contributed by atoms with Gasteiger partial charge in [0.25, 0.3) is 0 Å². The first-order valence-corrected chi connectivity index (χ1v) is 10.7. The zero-order valence-corrected chi connectivity index (χ0v) is 17.9. The summed E-state index contributed by atoms with van der Waals surface area (Å²) in [6, 6.07) is 10.7. The fraction of sp³-hybridized carbons (Fsp3) is 0.391. The third-order valence-corrected chi connectivity index (χ3v) is 6.76. The van der Waals surface area contributed by atoms with E-state index in [1.54, 1.807) is 11.3 Å². The van der Waals surface area contributed by atoms with Crippen molar-refractivity contribution in [2.45, 2.75) is 34.1 Å². The fourth-order valence-electron chi connectivity index (χ4n) is 4.11. The highest BCUT2D eigenvalue weighted by molar-refractivity contribution is 7.22. The highest BCUT2D eigenvalue weighted by Crippen LogP contribution is 2.31. The number of aryl methyl sites for hydroxylation is 4. The minimum Gasteiger partial charge on any atom is -0.345 e. The molecule has 1 fully saturated rings. The Morgan fingerprint density at radius 3 is 2.32 bits per heavy atom. The SMILES string of the molecule is Cc1cc(C)c(CC(=O)N2CCN(c3nc4c(C)cccc4s3)CC2)c(C)c1. The van der Waals surface area contributed by atoms with Gasteiger partial charge in [0.05, 0.1) is 16.6 Å². The number of carbonyl (C=O) groups is 1. The van der Waals surface area contributed by atoms with E-state index in [0.29, 0.717) is 6.42 Å². The van der Waals surface area contributed by atoms with Crippen LogP contribution in [0.2, 0.25) is 0 Å². The maximum Gasteiger partial charge on any atom is 0.227 e. The molecule has 4 nitrogen and oxygen atoms in total. The summed E-state index contributed by atoms with van der Waals surface area (Å²) in [5.74, 6) is 0.231. The van der Waals surface area contributed by atoms with E-state index in [2.05, 4.69) is 62.9 Å². The van der Waals surface area contributed by atoms with Crippen LogP contribution in [0.15, 0.2) is 30.3 Å². The van der Waals surface area contributed by atoms with Crippen molar-refractivity contribution in [2.75, 3.05) is 31.1 Å². The topological polar surface area (TPSA) is 36.4 Å². The van der Waals surface area contributed by atoms with Gasteiger partial charge in [-0.3, -0.25) is 4.79 Å². The summed E-state index contributed by atoms with van der Waals surface area (Å²) in [6.45, 7) is 11.6. The van der Waals surface area contributed by atoms with E-state index >= 15 is 0 Å². The Hall–Kier alpha value is -2.40. The summed E-state index contributed by atoms with van der Waals surface area (Å²) in [5, 5.41) is 1.07. The van der Waals surface area contributed by atoms with Crippen LogP contribution in [-0.2, 0) is 11.2 Å². The molecule has 1 aliphatic rings. The number of thiazole rings is 1. The largest absolute Gasteiger partial charge is 0.345 e. The number of rotatable bonds is 3. The number of hydrogen-bond donors (Lipinski definition) is 0. The van der Waals surface area contributed by atoms with E-state index in [-0.39, 0.29) is 5.91 Å². The smallest absolute Gasteiger partial charge is 0.227 e. The number of benzene rings is 2. The van der Waals surface area contributed by atoms with Crippen molar-refractivity contribution in [1.82, 2.24) is 9.88 Å². The molecule has 1 aliphatic heterocycles. The minimum absolute atomic E-state index is 0.231. The lowest BCUT2D eigenvalue weighted by Gasteiger charge is -2.34. The summed E-state index contributed by atoms with van der Waals surface area (Å²) < 4.78 is 1.24. The summed E-state index contributed by atoms with van der Waals surface area (Å²) in [6.07, 6.45) is 0.498. The second kappa shape index (κ2) is 7.55. The molecule has 2 aromatic carbocycles. The summed E-state index contributed by atoms with van der Waals surface area (Å²) in [7, 11) is 0. The van der Waals surface area contributed by atoms with Crippen LogP contribution >= 0.6 is 11.3 Å². The van der Waals surface area contributed by atoms with Gasteiger partial charge in [-0.1, -0.05) is 41.2 Å². The quantitative estimate of drug-likeness (QED) is 0.661. The third-order valence-electron chi connectivity index (χ3n) is 5.68. The number of anilines is 1. The molecule has 1 amide bonds. The predicted octanol–water partition coefficient (Wildman–Crippen LogP) is 4.42. The number of amides is 1. The van der Waals surface area contributed by atoms with Crippen molar-refractivity contribution >= 4 is 32.6 Å². The molecule has 0 atom stereocenters. The van der Waals surface area contributed by atoms with Gasteiger partial charge in [-0.05, 0) is 56.0 Å². The molecule has 5 heteroatoms. The monoisotopic (exact) mass is 393 g/mol. The van der Waals surface area contributed by atoms with Crippen LogP contribution in [0.4, 0.5) is 5.13 Å². The lowest BCUT2D eigenvalue weighted by Crippen LogP contribution is -2.49. The van der Waals surface area contributed by atoms with E-state index in [1.165, 1.54) is 32.5 Å². The van der Waals surface area contributed by atoms with E-state index in [9.17, 15) is 4.79 Å². The molecule has 0 N–H and O–H groups in total. The minimum atomic E-state index is 0.231. The van der Waals surface area contributed by atoms with E-state index in [0.717, 1.165) is 36.8 Å². The van der Waals surface area contributed by atoms with Crippen molar-refractivity contribution in [3.05, 3.63) is 58.1 Å². The van der Waals surface area contributed by atoms with Crippen molar-refractivity contribution in [1.29, 1.82) is 0 Å². The molecule has 0 saturated carbocycles. The number of nitrogens with zero attached hydrogens (tertiary/aromatic N) is 3. The van der Waals surface area contributed by atoms with Crippen LogP contribution in [0, 0.1) is 27.7 Å². The molecule has 2 heterocycles. The number of fused-ring (bicyclic) bond motifs is 1. The van der Waals surface area contributed by atoms with Gasteiger partial charge in [-0.15, -0.1) is 0 Å². The average Bonchev–Trinajstić information content (AvgIpc) is 3.10. The molecule has 3 aromatic rings. The van der Waals surface area contributed by atoms with Gasteiger partial charge in [-0.25, -0.2) is 4.98 Å². The van der Waals surface area contributed by atoms with Gasteiger partial charge < -0.3 is 9.80 Å². The average molecular weight is 394 g/mol.